The van der Waals surface area contributed by atoms with E-state index in [1.54, 1.807) is 23.7 Å². The Balaban J connectivity index is 1.56. The Hall–Kier alpha value is -3.75. The fraction of sp³-hybridized carbons (Fsp3) is 0.375. The number of carbonyl (C=O) groups is 2. The first-order valence-electron chi connectivity index (χ1n) is 11.0. The number of fused-ring (bicyclic) bond motifs is 1. The highest BCUT2D eigenvalue weighted by molar-refractivity contribution is 6.04. The van der Waals surface area contributed by atoms with Gasteiger partial charge in [0.1, 0.15) is 11.6 Å². The average molecular weight is 447 g/mol. The largest absolute Gasteiger partial charge is 0.494 e. The maximum atomic E-state index is 12.9. The van der Waals surface area contributed by atoms with E-state index in [0.29, 0.717) is 46.4 Å². The van der Waals surface area contributed by atoms with Crippen molar-refractivity contribution in [1.29, 1.82) is 0 Å². The predicted molar refractivity (Wildman–Crippen MR) is 122 cm³/mol. The number of amides is 1. The number of ether oxygens (including phenoxy) is 1. The van der Waals surface area contributed by atoms with Gasteiger partial charge in [-0.25, -0.2) is 4.98 Å². The second-order valence-electron chi connectivity index (χ2n) is 8.68. The van der Waals surface area contributed by atoms with Crippen LogP contribution in [0.25, 0.3) is 11.4 Å². The van der Waals surface area contributed by atoms with Gasteiger partial charge in [0, 0.05) is 26.4 Å². The van der Waals surface area contributed by atoms with Crippen LogP contribution in [-0.2, 0) is 24.8 Å². The van der Waals surface area contributed by atoms with E-state index >= 15 is 0 Å². The van der Waals surface area contributed by atoms with Crippen molar-refractivity contribution in [3.05, 3.63) is 47.0 Å². The molecule has 0 bridgehead atoms. The molecule has 1 aliphatic carbocycles. The number of aryl methyl sites for hydroxylation is 2. The maximum absolute atomic E-state index is 12.9. The summed E-state index contributed by atoms with van der Waals surface area (Å²) < 4.78 is 7.45. The summed E-state index contributed by atoms with van der Waals surface area (Å²) >= 11 is 0. The van der Waals surface area contributed by atoms with Gasteiger partial charge < -0.3 is 15.0 Å². The van der Waals surface area contributed by atoms with Gasteiger partial charge in [0.25, 0.3) is 5.91 Å². The van der Waals surface area contributed by atoms with E-state index in [0.717, 1.165) is 24.2 Å². The van der Waals surface area contributed by atoms with Crippen LogP contribution in [0.1, 0.15) is 40.4 Å². The number of rotatable bonds is 7. The molecule has 9 heteroatoms. The molecule has 5 rings (SSSR count). The van der Waals surface area contributed by atoms with Crippen molar-refractivity contribution in [1.82, 2.24) is 24.6 Å². The fourth-order valence-corrected chi connectivity index (χ4v) is 4.17. The Kier molecular flexibility index (Phi) is 5.11. The quantitative estimate of drug-likeness (QED) is 0.595. The highest BCUT2D eigenvalue weighted by Crippen LogP contribution is 2.39. The molecule has 1 fully saturated rings. The molecule has 0 saturated heterocycles. The number of nitrogens with one attached hydrogen (secondary N) is 1. The van der Waals surface area contributed by atoms with Gasteiger partial charge >= 0.3 is 0 Å². The summed E-state index contributed by atoms with van der Waals surface area (Å²) in [6.07, 6.45) is 2.20. The van der Waals surface area contributed by atoms with Gasteiger partial charge in [-0.2, -0.15) is 5.10 Å². The van der Waals surface area contributed by atoms with E-state index in [1.807, 2.05) is 38.2 Å². The normalized spacial score (nSPS) is 15.0. The molecule has 1 aliphatic heterocycles. The average Bonchev–Trinajstić information content (AvgIpc) is 3.53. The number of anilines is 2. The SMILES string of the molecule is COc1c(Nc2cc(CC(=O)C3CC3)nc3c2C(=O)N(C)C3)cccc1-c1nc(C)n(C)n1. The molecule has 170 valence electrons. The third-order valence-corrected chi connectivity index (χ3v) is 6.19. The minimum absolute atomic E-state index is 0.0998. The third-order valence-electron chi connectivity index (χ3n) is 6.19. The minimum Gasteiger partial charge on any atom is -0.494 e. The zero-order valence-electron chi connectivity index (χ0n) is 19.2. The van der Waals surface area contributed by atoms with E-state index in [9.17, 15) is 9.59 Å². The first kappa shape index (κ1) is 21.1. The summed E-state index contributed by atoms with van der Waals surface area (Å²) in [5.74, 6) is 2.19. The molecule has 0 atom stereocenters. The van der Waals surface area contributed by atoms with Crippen LogP contribution >= 0.6 is 0 Å². The second kappa shape index (κ2) is 7.99. The highest BCUT2D eigenvalue weighted by atomic mass is 16.5. The molecule has 3 aromatic rings. The van der Waals surface area contributed by atoms with Crippen molar-refractivity contribution in [3.8, 4) is 17.1 Å². The van der Waals surface area contributed by atoms with E-state index in [4.69, 9.17) is 4.74 Å². The van der Waals surface area contributed by atoms with Gasteiger partial charge in [-0.3, -0.25) is 19.3 Å². The Bertz CT molecular complexity index is 1260. The van der Waals surface area contributed by atoms with Crippen LogP contribution in [0.4, 0.5) is 11.4 Å². The van der Waals surface area contributed by atoms with Crippen LogP contribution in [0.5, 0.6) is 5.75 Å². The summed E-state index contributed by atoms with van der Waals surface area (Å²) in [7, 11) is 5.18. The Labute approximate surface area is 191 Å². The molecule has 1 saturated carbocycles. The number of hydrogen-bond donors (Lipinski definition) is 1. The lowest BCUT2D eigenvalue weighted by molar-refractivity contribution is -0.119. The molecule has 33 heavy (non-hydrogen) atoms. The van der Waals surface area contributed by atoms with Gasteiger partial charge in [-0.1, -0.05) is 6.07 Å². The summed E-state index contributed by atoms with van der Waals surface area (Å²) in [6.45, 7) is 2.31. The number of benzene rings is 1. The maximum Gasteiger partial charge on any atom is 0.257 e. The minimum atomic E-state index is -0.0998. The van der Waals surface area contributed by atoms with Gasteiger partial charge in [0.15, 0.2) is 11.6 Å². The summed E-state index contributed by atoms with van der Waals surface area (Å²) in [4.78, 5) is 36.1. The van der Waals surface area contributed by atoms with E-state index in [1.165, 1.54) is 0 Å². The number of nitrogens with zero attached hydrogens (tertiary/aromatic N) is 5. The van der Waals surface area contributed by atoms with Gasteiger partial charge in [0.05, 0.1) is 47.5 Å². The molecule has 1 amide bonds. The van der Waals surface area contributed by atoms with E-state index < -0.39 is 0 Å². The molecule has 3 heterocycles. The lowest BCUT2D eigenvalue weighted by atomic mass is 10.1. The van der Waals surface area contributed by atoms with E-state index in [2.05, 4.69) is 20.4 Å². The molecule has 0 radical (unpaired) electrons. The molecule has 2 aliphatic rings. The van der Waals surface area contributed by atoms with Crippen LogP contribution in [0.2, 0.25) is 0 Å². The molecule has 9 nitrogen and oxygen atoms in total. The first-order chi connectivity index (χ1) is 15.9. The zero-order valence-corrected chi connectivity index (χ0v) is 19.2. The van der Waals surface area contributed by atoms with Crippen LogP contribution in [-0.4, -0.2) is 50.5 Å². The first-order valence-corrected chi connectivity index (χ1v) is 11.0. The van der Waals surface area contributed by atoms with Gasteiger partial charge in [-0.15, -0.1) is 0 Å². The molecule has 1 N–H and O–H groups in total. The van der Waals surface area contributed by atoms with Crippen LogP contribution < -0.4 is 10.1 Å². The number of para-hydroxylation sites is 1. The lowest BCUT2D eigenvalue weighted by Gasteiger charge is -2.16. The Morgan fingerprint density at radius 2 is 2.00 bits per heavy atom. The topological polar surface area (TPSA) is 102 Å². The van der Waals surface area contributed by atoms with Crippen molar-refractivity contribution in [3.63, 3.8) is 0 Å². The van der Waals surface area contributed by atoms with Crippen molar-refractivity contribution in [2.75, 3.05) is 19.5 Å². The summed E-state index contributed by atoms with van der Waals surface area (Å²) in [6, 6.07) is 7.47. The smallest absolute Gasteiger partial charge is 0.257 e. The number of ketones is 1. The molecule has 2 aromatic heterocycles. The molecule has 0 unspecified atom stereocenters. The Morgan fingerprint density at radius 1 is 1.21 bits per heavy atom. The summed E-state index contributed by atoms with van der Waals surface area (Å²) in [5.41, 5.74) is 3.92. The van der Waals surface area contributed by atoms with Crippen LogP contribution in [0.3, 0.4) is 0 Å². The number of methoxy groups -OCH3 is 1. The van der Waals surface area contributed by atoms with Crippen molar-refractivity contribution in [2.24, 2.45) is 13.0 Å². The molecule has 1 aromatic carbocycles. The Morgan fingerprint density at radius 3 is 2.67 bits per heavy atom. The van der Waals surface area contributed by atoms with Crippen molar-refractivity contribution in [2.45, 2.75) is 32.7 Å². The lowest BCUT2D eigenvalue weighted by Crippen LogP contribution is -2.18. The fourth-order valence-electron chi connectivity index (χ4n) is 4.17. The number of pyridine rings is 1. The predicted octanol–water partition coefficient (Wildman–Crippen LogP) is 3.04. The second-order valence-corrected chi connectivity index (χ2v) is 8.68. The monoisotopic (exact) mass is 446 g/mol. The van der Waals surface area contributed by atoms with Gasteiger partial charge in [0.2, 0.25) is 0 Å². The van der Waals surface area contributed by atoms with Crippen LogP contribution in [0, 0.1) is 12.8 Å². The zero-order chi connectivity index (χ0) is 23.3. The number of Topliss-reactive ketones (excluding diaryl/α,β-unsaturated/α-hetero) is 1. The molecule has 0 spiro atoms. The number of hydrogen-bond acceptors (Lipinski definition) is 7. The number of carbonyl (C=O) groups excluding carboxylic acids is 2. The highest BCUT2D eigenvalue weighted by Gasteiger charge is 2.33. The summed E-state index contributed by atoms with van der Waals surface area (Å²) in [5, 5.41) is 7.85. The third kappa shape index (κ3) is 3.83. The van der Waals surface area contributed by atoms with Crippen molar-refractivity contribution < 1.29 is 14.3 Å². The van der Waals surface area contributed by atoms with Gasteiger partial charge in [-0.05, 0) is 38.0 Å². The number of aromatic nitrogens is 4. The van der Waals surface area contributed by atoms with Crippen LogP contribution in [0.15, 0.2) is 24.3 Å². The van der Waals surface area contributed by atoms with E-state index in [-0.39, 0.29) is 24.0 Å². The van der Waals surface area contributed by atoms with Crippen molar-refractivity contribution >= 4 is 23.1 Å². The standard InChI is InChI=1S/C24H26N6O3/c1-13-25-23(28-30(13)3)16-6-5-7-17(22(16)33-4)27-18-10-15(11-20(31)14-8-9-14)26-19-12-29(2)24(32)21(18)19/h5-7,10,14H,8-9,11-12H2,1-4H3,(H,26,27). The molecular formula is C24H26N6O3. The molecular weight excluding hydrogens is 420 g/mol.